The Labute approximate surface area is 114 Å². The molecule has 0 nitrogen and oxygen atoms in total. The molecule has 0 saturated carbocycles. The highest BCUT2D eigenvalue weighted by Crippen LogP contribution is 2.22. The minimum absolute atomic E-state index is 0.0689. The lowest BCUT2D eigenvalue weighted by Crippen LogP contribution is -1.91. The van der Waals surface area contributed by atoms with Crippen LogP contribution in [-0.4, -0.2) is 5.88 Å². The summed E-state index contributed by atoms with van der Waals surface area (Å²) in [5, 5.41) is 0. The summed E-state index contributed by atoms with van der Waals surface area (Å²) in [6.07, 6.45) is 1.52. The number of rotatable bonds is 3. The Kier molecular flexibility index (Phi) is 4.27. The van der Waals surface area contributed by atoms with E-state index in [1.165, 1.54) is 18.2 Å². The molecule has 0 aliphatic carbocycles. The van der Waals surface area contributed by atoms with Crippen LogP contribution < -0.4 is 0 Å². The molecule has 0 radical (unpaired) electrons. The van der Waals surface area contributed by atoms with Crippen LogP contribution in [0.5, 0.6) is 0 Å². The number of halogens is 4. The highest BCUT2D eigenvalue weighted by molar-refractivity contribution is 6.24. The largest absolute Gasteiger partial charge is 0.206 e. The quantitative estimate of drug-likeness (QED) is 0.556. The van der Waals surface area contributed by atoms with E-state index < -0.39 is 17.5 Å². The van der Waals surface area contributed by atoms with E-state index in [2.05, 4.69) is 0 Å². The lowest BCUT2D eigenvalue weighted by Gasteiger charge is -2.06. The molecule has 0 saturated heterocycles. The van der Waals surface area contributed by atoms with Crippen molar-refractivity contribution < 1.29 is 13.2 Å². The average Bonchev–Trinajstić information content (AvgIpc) is 2.41. The molecule has 2 aromatic carbocycles. The predicted octanol–water partition coefficient (Wildman–Crippen LogP) is 4.88. The minimum atomic E-state index is -0.956. The third-order valence-electron chi connectivity index (χ3n) is 2.67. The van der Waals surface area contributed by atoms with E-state index in [1.807, 2.05) is 0 Å². The Bertz CT molecular complexity index is 621. The summed E-state index contributed by atoms with van der Waals surface area (Å²) in [7, 11) is 0. The molecule has 0 N–H and O–H groups in total. The third kappa shape index (κ3) is 3.18. The van der Waals surface area contributed by atoms with Gasteiger partial charge in [0.2, 0.25) is 0 Å². The van der Waals surface area contributed by atoms with Crippen LogP contribution in [0.15, 0.2) is 42.5 Å². The van der Waals surface area contributed by atoms with Crippen LogP contribution in [0, 0.1) is 17.5 Å². The standard InChI is InChI=1S/C15H10ClF3/c16-9-12(7-11-3-1-2-4-13(11)17)10-5-6-14(18)15(19)8-10/h1-8H,9H2. The predicted molar refractivity (Wildman–Crippen MR) is 71.3 cm³/mol. The summed E-state index contributed by atoms with van der Waals surface area (Å²) in [5.41, 5.74) is 1.30. The summed E-state index contributed by atoms with van der Waals surface area (Å²) in [5.74, 6) is -2.21. The first-order valence-electron chi connectivity index (χ1n) is 5.58. The van der Waals surface area contributed by atoms with E-state index in [0.717, 1.165) is 12.1 Å². The van der Waals surface area contributed by atoms with Crippen LogP contribution in [0.1, 0.15) is 11.1 Å². The number of hydrogen-bond acceptors (Lipinski definition) is 0. The molecule has 4 heteroatoms. The first kappa shape index (κ1) is 13.7. The molecule has 0 fully saturated rings. The van der Waals surface area contributed by atoms with Gasteiger partial charge in [-0.05, 0) is 35.4 Å². The maximum atomic E-state index is 13.5. The zero-order chi connectivity index (χ0) is 13.8. The molecule has 2 aromatic rings. The Hall–Kier alpha value is -1.74. The molecule has 0 aromatic heterocycles. The molecule has 2 rings (SSSR count). The van der Waals surface area contributed by atoms with Crippen LogP contribution in [0.25, 0.3) is 11.6 Å². The SMILES string of the molecule is Fc1ccc(C(=Cc2ccccc2F)CCl)cc1F. The van der Waals surface area contributed by atoms with Gasteiger partial charge in [0.15, 0.2) is 11.6 Å². The molecule has 0 heterocycles. The van der Waals surface area contributed by atoms with Gasteiger partial charge in [-0.1, -0.05) is 24.3 Å². The van der Waals surface area contributed by atoms with Crippen LogP contribution in [0.4, 0.5) is 13.2 Å². The zero-order valence-corrected chi connectivity index (χ0v) is 10.6. The van der Waals surface area contributed by atoms with Crippen LogP contribution in [0.3, 0.4) is 0 Å². The topological polar surface area (TPSA) is 0 Å². The first-order valence-corrected chi connectivity index (χ1v) is 6.12. The summed E-state index contributed by atoms with van der Waals surface area (Å²) < 4.78 is 39.6. The normalized spacial score (nSPS) is 11.7. The third-order valence-corrected chi connectivity index (χ3v) is 2.96. The van der Waals surface area contributed by atoms with Crippen molar-refractivity contribution in [2.45, 2.75) is 0 Å². The van der Waals surface area contributed by atoms with Crippen molar-refractivity contribution in [3.63, 3.8) is 0 Å². The number of alkyl halides is 1. The first-order chi connectivity index (χ1) is 9.11. The monoisotopic (exact) mass is 282 g/mol. The second-order valence-electron chi connectivity index (χ2n) is 3.95. The van der Waals surface area contributed by atoms with Gasteiger partial charge in [0.25, 0.3) is 0 Å². The molecule has 98 valence electrons. The molecule has 19 heavy (non-hydrogen) atoms. The van der Waals surface area contributed by atoms with Gasteiger partial charge in [-0.15, -0.1) is 11.6 Å². The molecule has 0 aliphatic heterocycles. The summed E-state index contributed by atoms with van der Waals surface area (Å²) >= 11 is 5.79. The van der Waals surface area contributed by atoms with Crippen molar-refractivity contribution >= 4 is 23.3 Å². The van der Waals surface area contributed by atoms with Gasteiger partial charge in [0, 0.05) is 11.4 Å². The van der Waals surface area contributed by atoms with E-state index >= 15 is 0 Å². The Morgan fingerprint density at radius 1 is 0.947 bits per heavy atom. The Morgan fingerprint density at radius 2 is 1.68 bits per heavy atom. The molecule has 0 aliphatic rings. The smallest absolute Gasteiger partial charge is 0.159 e. The van der Waals surface area contributed by atoms with E-state index in [4.69, 9.17) is 11.6 Å². The Morgan fingerprint density at radius 3 is 2.32 bits per heavy atom. The molecular weight excluding hydrogens is 273 g/mol. The fourth-order valence-electron chi connectivity index (χ4n) is 1.67. The maximum Gasteiger partial charge on any atom is 0.159 e. The van der Waals surface area contributed by atoms with Crippen molar-refractivity contribution in [2.24, 2.45) is 0 Å². The molecular formula is C15H10ClF3. The van der Waals surface area contributed by atoms with Crippen LogP contribution >= 0.6 is 11.6 Å². The molecule has 0 bridgehead atoms. The minimum Gasteiger partial charge on any atom is -0.206 e. The van der Waals surface area contributed by atoms with Crippen molar-refractivity contribution in [1.82, 2.24) is 0 Å². The molecule has 0 spiro atoms. The van der Waals surface area contributed by atoms with Crippen molar-refractivity contribution in [3.05, 3.63) is 71.0 Å². The summed E-state index contributed by atoms with van der Waals surface area (Å²) in [6.45, 7) is 0. The number of allylic oxidation sites excluding steroid dienone is 1. The highest BCUT2D eigenvalue weighted by atomic mass is 35.5. The fraction of sp³-hybridized carbons (Fsp3) is 0.0667. The zero-order valence-electron chi connectivity index (χ0n) is 9.84. The van der Waals surface area contributed by atoms with Gasteiger partial charge in [-0.3, -0.25) is 0 Å². The second-order valence-corrected chi connectivity index (χ2v) is 4.22. The fourth-order valence-corrected chi connectivity index (χ4v) is 1.91. The van der Waals surface area contributed by atoms with Crippen molar-refractivity contribution in [2.75, 3.05) is 5.88 Å². The average molecular weight is 283 g/mol. The van der Waals surface area contributed by atoms with Gasteiger partial charge >= 0.3 is 0 Å². The molecule has 0 atom stereocenters. The summed E-state index contributed by atoms with van der Waals surface area (Å²) in [4.78, 5) is 0. The van der Waals surface area contributed by atoms with Crippen LogP contribution in [-0.2, 0) is 0 Å². The van der Waals surface area contributed by atoms with E-state index in [-0.39, 0.29) is 5.88 Å². The van der Waals surface area contributed by atoms with Crippen LogP contribution in [0.2, 0.25) is 0 Å². The van der Waals surface area contributed by atoms with Gasteiger partial charge in [0.05, 0.1) is 0 Å². The number of benzene rings is 2. The number of hydrogen-bond donors (Lipinski definition) is 0. The van der Waals surface area contributed by atoms with Gasteiger partial charge in [-0.25, -0.2) is 13.2 Å². The van der Waals surface area contributed by atoms with E-state index in [1.54, 1.807) is 18.2 Å². The highest BCUT2D eigenvalue weighted by Gasteiger charge is 2.07. The van der Waals surface area contributed by atoms with Crippen molar-refractivity contribution in [1.29, 1.82) is 0 Å². The van der Waals surface area contributed by atoms with Gasteiger partial charge in [0.1, 0.15) is 5.82 Å². The molecule has 0 amide bonds. The summed E-state index contributed by atoms with van der Waals surface area (Å²) in [6, 6.07) is 9.64. The van der Waals surface area contributed by atoms with Crippen molar-refractivity contribution in [3.8, 4) is 0 Å². The lowest BCUT2D eigenvalue weighted by molar-refractivity contribution is 0.508. The second kappa shape index (κ2) is 5.93. The maximum absolute atomic E-state index is 13.5. The van der Waals surface area contributed by atoms with Gasteiger partial charge < -0.3 is 0 Å². The van der Waals surface area contributed by atoms with E-state index in [9.17, 15) is 13.2 Å². The molecule has 0 unspecified atom stereocenters. The van der Waals surface area contributed by atoms with E-state index in [0.29, 0.717) is 16.7 Å². The Balaban J connectivity index is 2.45. The van der Waals surface area contributed by atoms with Gasteiger partial charge in [-0.2, -0.15) is 0 Å². The lowest BCUT2D eigenvalue weighted by atomic mass is 10.0.